The molecule has 2 amide bonds. The molecule has 8 nitrogen and oxygen atoms in total. The van der Waals surface area contributed by atoms with E-state index >= 15 is 0 Å². The van der Waals surface area contributed by atoms with Gasteiger partial charge in [0.1, 0.15) is 5.75 Å². The van der Waals surface area contributed by atoms with Gasteiger partial charge in [0.15, 0.2) is 0 Å². The van der Waals surface area contributed by atoms with E-state index in [1.807, 2.05) is 18.2 Å². The fourth-order valence-corrected chi connectivity index (χ4v) is 5.88. The van der Waals surface area contributed by atoms with Gasteiger partial charge in [0.2, 0.25) is 5.91 Å². The molecule has 1 aromatic heterocycles. The number of hydrogen-bond acceptors (Lipinski definition) is 5. The van der Waals surface area contributed by atoms with Gasteiger partial charge in [0.05, 0.1) is 17.4 Å². The highest BCUT2D eigenvalue weighted by molar-refractivity contribution is 6.20. The lowest BCUT2D eigenvalue weighted by molar-refractivity contribution is -0.119. The van der Waals surface area contributed by atoms with E-state index in [0.717, 1.165) is 35.3 Å². The Labute approximate surface area is 223 Å². The van der Waals surface area contributed by atoms with E-state index in [9.17, 15) is 18.4 Å². The van der Waals surface area contributed by atoms with Crippen molar-refractivity contribution in [2.45, 2.75) is 63.2 Å². The number of H-pyrrole nitrogens is 1. The number of ether oxygens (including phenoxy) is 1. The van der Waals surface area contributed by atoms with Crippen molar-refractivity contribution in [2.24, 2.45) is 0 Å². The van der Waals surface area contributed by atoms with E-state index in [1.54, 1.807) is 6.20 Å². The zero-order chi connectivity index (χ0) is 27.2. The molecule has 38 heavy (non-hydrogen) atoms. The van der Waals surface area contributed by atoms with Crippen LogP contribution < -0.4 is 20.3 Å². The summed E-state index contributed by atoms with van der Waals surface area (Å²) >= 11 is 4.82. The number of amides is 2. The van der Waals surface area contributed by atoms with Crippen LogP contribution in [0.4, 0.5) is 20.2 Å². The van der Waals surface area contributed by atoms with Crippen LogP contribution in [0, 0.1) is 0 Å². The molecule has 2 heterocycles. The minimum absolute atomic E-state index is 0.000270. The number of anilines is 2. The van der Waals surface area contributed by atoms with Crippen LogP contribution in [0.2, 0.25) is 0 Å². The molecule has 3 unspecified atom stereocenters. The van der Waals surface area contributed by atoms with E-state index in [-0.39, 0.29) is 41.6 Å². The number of nitrogens with zero attached hydrogens (tertiary/aromatic N) is 2. The van der Waals surface area contributed by atoms with Crippen LogP contribution in [0.1, 0.15) is 55.5 Å². The summed E-state index contributed by atoms with van der Waals surface area (Å²) in [4.78, 5) is 27.7. The Morgan fingerprint density at radius 2 is 1.92 bits per heavy atom. The highest BCUT2D eigenvalue weighted by Gasteiger charge is 2.49. The van der Waals surface area contributed by atoms with Gasteiger partial charge in [-0.1, -0.05) is 0 Å². The van der Waals surface area contributed by atoms with Crippen LogP contribution in [-0.4, -0.2) is 45.7 Å². The molecule has 3 N–H and O–H groups in total. The Morgan fingerprint density at radius 3 is 2.53 bits per heavy atom. The van der Waals surface area contributed by atoms with Gasteiger partial charge in [-0.05, 0) is 74.7 Å². The first-order valence-electron chi connectivity index (χ1n) is 12.4. The fraction of sp³-hybridized carbons (Fsp3) is 0.370. The molecule has 5 rings (SSSR count). The highest BCUT2D eigenvalue weighted by atomic mass is 35.5. The van der Waals surface area contributed by atoms with Gasteiger partial charge in [-0.3, -0.25) is 14.7 Å². The Hall–Kier alpha value is -3.66. The summed E-state index contributed by atoms with van der Waals surface area (Å²) in [5, 5.41) is 13.1. The number of fused-ring (bicyclic) bond motifs is 3. The second kappa shape index (κ2) is 9.90. The zero-order valence-electron chi connectivity index (χ0n) is 21.1. The van der Waals surface area contributed by atoms with Crippen LogP contribution in [0.25, 0.3) is 11.3 Å². The van der Waals surface area contributed by atoms with E-state index in [4.69, 9.17) is 11.6 Å². The molecule has 3 atom stereocenters. The van der Waals surface area contributed by atoms with Crippen molar-refractivity contribution in [3.8, 4) is 17.0 Å². The van der Waals surface area contributed by atoms with E-state index < -0.39 is 5.57 Å². The normalized spacial score (nSPS) is 20.3. The molecule has 1 aliphatic heterocycles. The first-order valence-corrected chi connectivity index (χ1v) is 12.8. The van der Waals surface area contributed by atoms with Gasteiger partial charge in [-0.15, -0.1) is 8.78 Å². The average Bonchev–Trinajstić information content (AvgIpc) is 3.56. The molecular weight excluding hydrogens is 516 g/mol. The Morgan fingerprint density at radius 1 is 1.18 bits per heavy atom. The Balaban J connectivity index is 1.51. The van der Waals surface area contributed by atoms with Gasteiger partial charge in [-0.25, -0.2) is 0 Å². The number of rotatable bonds is 7. The fourth-order valence-electron chi connectivity index (χ4n) is 5.79. The van der Waals surface area contributed by atoms with Crippen molar-refractivity contribution in [3.63, 3.8) is 0 Å². The van der Waals surface area contributed by atoms with Crippen molar-refractivity contribution in [1.29, 1.82) is 0 Å². The average molecular weight is 544 g/mol. The smallest absolute Gasteiger partial charge is 0.420 e. The van der Waals surface area contributed by atoms with E-state index in [2.05, 4.69) is 44.3 Å². The molecule has 0 saturated heterocycles. The molecule has 1 aliphatic carbocycles. The minimum Gasteiger partial charge on any atom is -0.420 e. The lowest BCUT2D eigenvalue weighted by Crippen LogP contribution is -2.50. The second-order valence-corrected chi connectivity index (χ2v) is 10.4. The molecule has 200 valence electrons. The van der Waals surface area contributed by atoms with Gasteiger partial charge in [0, 0.05) is 59.5 Å². The standard InChI is InChI=1S/C27H28ClF2N5O3/c1-14(2)35-24-20(19-8-9-23(25(19)35)32-15(3)36)12-16(13-21(24)22-10-11-31-34-22)26(37)33-17-4-6-18(7-5-17)38-27(28,29)30/h4-7,10-14,19,23,25H,8-9H2,1-3H3,(H,31,34)(H,32,36)(H,33,37). The maximum atomic E-state index is 13.4. The number of benzene rings is 2. The zero-order valence-corrected chi connectivity index (χ0v) is 21.9. The summed E-state index contributed by atoms with van der Waals surface area (Å²) in [6.07, 6.45) is 3.40. The molecule has 1 fully saturated rings. The third kappa shape index (κ3) is 5.05. The number of halogens is 3. The van der Waals surface area contributed by atoms with Crippen LogP contribution in [0.15, 0.2) is 48.7 Å². The van der Waals surface area contributed by atoms with Crippen LogP contribution >= 0.6 is 11.6 Å². The molecule has 2 aromatic carbocycles. The maximum Gasteiger partial charge on any atom is 0.487 e. The lowest BCUT2D eigenvalue weighted by atomic mass is 9.92. The van der Waals surface area contributed by atoms with Crippen molar-refractivity contribution in [3.05, 3.63) is 59.8 Å². The second-order valence-electron chi connectivity index (χ2n) is 9.94. The largest absolute Gasteiger partial charge is 0.487 e. The molecule has 11 heteroatoms. The Bertz CT molecular complexity index is 1340. The topological polar surface area (TPSA) is 99.4 Å². The van der Waals surface area contributed by atoms with Crippen molar-refractivity contribution >= 4 is 34.8 Å². The summed E-state index contributed by atoms with van der Waals surface area (Å²) in [5.41, 5.74) is 0.768. The molecule has 0 bridgehead atoms. The van der Waals surface area contributed by atoms with Crippen molar-refractivity contribution in [2.75, 3.05) is 10.2 Å². The predicted octanol–water partition coefficient (Wildman–Crippen LogP) is 5.48. The SMILES string of the molecule is CC(=O)NC1CCC2c3cc(C(=O)Nc4ccc(OC(F)(F)Cl)cc4)cc(-c4ccn[nH]4)c3N(C(C)C)C12. The summed E-state index contributed by atoms with van der Waals surface area (Å²) in [6.45, 7) is 5.79. The predicted molar refractivity (Wildman–Crippen MR) is 141 cm³/mol. The third-order valence-electron chi connectivity index (χ3n) is 7.08. The summed E-state index contributed by atoms with van der Waals surface area (Å²) in [5.74, 6) is -0.389. The van der Waals surface area contributed by atoms with Crippen LogP contribution in [0.5, 0.6) is 5.75 Å². The summed E-state index contributed by atoms with van der Waals surface area (Å²) < 4.78 is 30.1. The molecule has 0 radical (unpaired) electrons. The van der Waals surface area contributed by atoms with E-state index in [1.165, 1.54) is 31.2 Å². The van der Waals surface area contributed by atoms with Crippen molar-refractivity contribution < 1.29 is 23.1 Å². The summed E-state index contributed by atoms with van der Waals surface area (Å²) in [6, 6.07) is 11.4. The maximum absolute atomic E-state index is 13.4. The number of alkyl halides is 3. The van der Waals surface area contributed by atoms with Gasteiger partial charge >= 0.3 is 5.57 Å². The first-order chi connectivity index (χ1) is 18.0. The number of hydrogen-bond donors (Lipinski definition) is 3. The number of aromatic amines is 1. The lowest BCUT2D eigenvalue weighted by Gasteiger charge is -2.36. The number of carbonyl (C=O) groups is 2. The number of carbonyl (C=O) groups excluding carboxylic acids is 2. The quantitative estimate of drug-likeness (QED) is 0.343. The number of aromatic nitrogens is 2. The molecular formula is C27H28ClF2N5O3. The third-order valence-corrected chi connectivity index (χ3v) is 7.15. The summed E-state index contributed by atoms with van der Waals surface area (Å²) in [7, 11) is 0. The van der Waals surface area contributed by atoms with Crippen LogP contribution in [-0.2, 0) is 4.79 Å². The molecule has 2 aliphatic rings. The first kappa shape index (κ1) is 26.0. The number of nitrogens with one attached hydrogen (secondary N) is 3. The van der Waals surface area contributed by atoms with Gasteiger partial charge in [0.25, 0.3) is 5.91 Å². The minimum atomic E-state index is -3.82. The highest BCUT2D eigenvalue weighted by Crippen LogP contribution is 2.53. The monoisotopic (exact) mass is 543 g/mol. The van der Waals surface area contributed by atoms with Crippen LogP contribution in [0.3, 0.4) is 0 Å². The molecule has 0 spiro atoms. The molecule has 1 saturated carbocycles. The van der Waals surface area contributed by atoms with Gasteiger partial charge < -0.3 is 20.3 Å². The Kier molecular flexibility index (Phi) is 6.77. The van der Waals surface area contributed by atoms with E-state index in [0.29, 0.717) is 11.3 Å². The van der Waals surface area contributed by atoms with Crippen molar-refractivity contribution in [1.82, 2.24) is 15.5 Å². The van der Waals surface area contributed by atoms with Gasteiger partial charge in [-0.2, -0.15) is 5.10 Å². The molecule has 3 aromatic rings.